The summed E-state index contributed by atoms with van der Waals surface area (Å²) < 4.78 is 23.8. The quantitative estimate of drug-likeness (QED) is 0.922. The third-order valence-electron chi connectivity index (χ3n) is 3.06. The maximum atomic E-state index is 11.3. The molecule has 0 saturated carbocycles. The van der Waals surface area contributed by atoms with Crippen LogP contribution in [0.2, 0.25) is 0 Å². The zero-order valence-electron chi connectivity index (χ0n) is 9.65. The first-order valence-electron chi connectivity index (χ1n) is 5.68. The van der Waals surface area contributed by atoms with Crippen LogP contribution in [0.4, 0.5) is 0 Å². The van der Waals surface area contributed by atoms with Gasteiger partial charge in [-0.2, -0.15) is 0 Å². The van der Waals surface area contributed by atoms with Gasteiger partial charge in [0.25, 0.3) is 0 Å². The molecule has 96 valence electrons. The molecule has 1 fully saturated rings. The first-order valence-corrected chi connectivity index (χ1v) is 9.11. The third-order valence-corrected chi connectivity index (χ3v) is 6.58. The standard InChI is InChI=1S/C11H16BrNO2S2/c1-8(10-2-3-11(12)16-10)13-9-4-6-17(14,15)7-5-9/h2-3,8-9,13H,4-7H2,1H3. The second-order valence-corrected chi connectivity index (χ2v) is 9.25. The van der Waals surface area contributed by atoms with Crippen LogP contribution in [0.5, 0.6) is 0 Å². The normalized spacial score (nSPS) is 22.5. The van der Waals surface area contributed by atoms with Crippen LogP contribution in [-0.2, 0) is 9.84 Å². The lowest BCUT2D eigenvalue weighted by molar-refractivity contribution is 0.423. The van der Waals surface area contributed by atoms with E-state index in [9.17, 15) is 8.42 Å². The summed E-state index contributed by atoms with van der Waals surface area (Å²) in [5, 5.41) is 3.51. The Morgan fingerprint density at radius 3 is 2.59 bits per heavy atom. The lowest BCUT2D eigenvalue weighted by Gasteiger charge is -2.26. The highest BCUT2D eigenvalue weighted by molar-refractivity contribution is 9.11. The SMILES string of the molecule is CC(NC1CCS(=O)(=O)CC1)c1ccc(Br)s1. The lowest BCUT2D eigenvalue weighted by atomic mass is 10.1. The van der Waals surface area contributed by atoms with Crippen molar-refractivity contribution in [2.24, 2.45) is 0 Å². The van der Waals surface area contributed by atoms with Crippen molar-refractivity contribution in [2.45, 2.75) is 31.8 Å². The van der Waals surface area contributed by atoms with Crippen LogP contribution < -0.4 is 5.32 Å². The van der Waals surface area contributed by atoms with E-state index in [-0.39, 0.29) is 6.04 Å². The summed E-state index contributed by atoms with van der Waals surface area (Å²) in [6.45, 7) is 2.13. The Balaban J connectivity index is 1.90. The van der Waals surface area contributed by atoms with Gasteiger partial charge in [-0.25, -0.2) is 8.42 Å². The van der Waals surface area contributed by atoms with Crippen LogP contribution in [0.1, 0.15) is 30.7 Å². The van der Waals surface area contributed by atoms with Gasteiger partial charge in [0.15, 0.2) is 0 Å². The van der Waals surface area contributed by atoms with Crippen LogP contribution in [0, 0.1) is 0 Å². The van der Waals surface area contributed by atoms with Crippen LogP contribution in [0.25, 0.3) is 0 Å². The van der Waals surface area contributed by atoms with Gasteiger partial charge in [0.1, 0.15) is 9.84 Å². The molecule has 1 aliphatic rings. The zero-order valence-corrected chi connectivity index (χ0v) is 12.9. The molecule has 0 radical (unpaired) electrons. The zero-order chi connectivity index (χ0) is 12.5. The number of nitrogens with one attached hydrogen (secondary N) is 1. The smallest absolute Gasteiger partial charge is 0.150 e. The summed E-state index contributed by atoms with van der Waals surface area (Å²) in [4.78, 5) is 1.28. The molecule has 1 aliphatic heterocycles. The van der Waals surface area contributed by atoms with Gasteiger partial charge in [-0.05, 0) is 47.8 Å². The van der Waals surface area contributed by atoms with Crippen molar-refractivity contribution >= 4 is 37.1 Å². The first kappa shape index (κ1) is 13.5. The fourth-order valence-corrected chi connectivity index (χ4v) is 4.98. The first-order chi connectivity index (χ1) is 7.96. The Labute approximate surface area is 115 Å². The average molecular weight is 338 g/mol. The fraction of sp³-hybridized carbons (Fsp3) is 0.636. The van der Waals surface area contributed by atoms with E-state index in [1.54, 1.807) is 11.3 Å². The molecule has 3 nitrogen and oxygen atoms in total. The molecule has 0 aliphatic carbocycles. The number of rotatable bonds is 3. The van der Waals surface area contributed by atoms with Gasteiger partial charge >= 0.3 is 0 Å². The van der Waals surface area contributed by atoms with Crippen LogP contribution in [0.3, 0.4) is 0 Å². The molecule has 17 heavy (non-hydrogen) atoms. The summed E-state index contributed by atoms with van der Waals surface area (Å²) >= 11 is 5.17. The largest absolute Gasteiger partial charge is 0.307 e. The maximum absolute atomic E-state index is 11.3. The van der Waals surface area contributed by atoms with Crippen LogP contribution >= 0.6 is 27.3 Å². The molecule has 1 aromatic heterocycles. The molecule has 2 heterocycles. The van der Waals surface area contributed by atoms with Gasteiger partial charge < -0.3 is 5.32 Å². The van der Waals surface area contributed by atoms with Crippen molar-refractivity contribution < 1.29 is 8.42 Å². The number of sulfone groups is 1. The summed E-state index contributed by atoms with van der Waals surface area (Å²) in [6.07, 6.45) is 1.47. The van der Waals surface area contributed by atoms with Crippen molar-refractivity contribution in [2.75, 3.05) is 11.5 Å². The van der Waals surface area contributed by atoms with E-state index >= 15 is 0 Å². The molecular weight excluding hydrogens is 322 g/mol. The molecule has 0 spiro atoms. The maximum Gasteiger partial charge on any atom is 0.150 e. The van der Waals surface area contributed by atoms with E-state index in [2.05, 4.69) is 34.2 Å². The highest BCUT2D eigenvalue weighted by atomic mass is 79.9. The van der Waals surface area contributed by atoms with Crippen molar-refractivity contribution in [3.8, 4) is 0 Å². The molecule has 1 atom stereocenters. The van der Waals surface area contributed by atoms with E-state index in [1.165, 1.54) is 4.88 Å². The molecule has 1 N–H and O–H groups in total. The average Bonchev–Trinajstić information content (AvgIpc) is 2.68. The fourth-order valence-electron chi connectivity index (χ4n) is 2.05. The number of hydrogen-bond acceptors (Lipinski definition) is 4. The van der Waals surface area contributed by atoms with E-state index < -0.39 is 9.84 Å². The molecule has 0 amide bonds. The van der Waals surface area contributed by atoms with E-state index in [0.29, 0.717) is 17.5 Å². The Bertz CT molecular complexity index is 469. The van der Waals surface area contributed by atoms with E-state index in [0.717, 1.165) is 16.6 Å². The Morgan fingerprint density at radius 1 is 1.41 bits per heavy atom. The van der Waals surface area contributed by atoms with E-state index in [4.69, 9.17) is 0 Å². The molecule has 2 rings (SSSR count). The second-order valence-electron chi connectivity index (χ2n) is 4.46. The van der Waals surface area contributed by atoms with Crippen molar-refractivity contribution in [1.82, 2.24) is 5.32 Å². The summed E-state index contributed by atoms with van der Waals surface area (Å²) in [5.41, 5.74) is 0. The van der Waals surface area contributed by atoms with Crippen LogP contribution in [0.15, 0.2) is 15.9 Å². The minimum Gasteiger partial charge on any atom is -0.307 e. The predicted molar refractivity (Wildman–Crippen MR) is 75.2 cm³/mol. The second kappa shape index (κ2) is 5.38. The van der Waals surface area contributed by atoms with Crippen molar-refractivity contribution in [3.63, 3.8) is 0 Å². The predicted octanol–water partition coefficient (Wildman–Crippen LogP) is 2.74. The van der Waals surface area contributed by atoms with Gasteiger partial charge in [0.05, 0.1) is 15.3 Å². The molecule has 0 aromatic carbocycles. The number of hydrogen-bond donors (Lipinski definition) is 1. The summed E-state index contributed by atoms with van der Waals surface area (Å²) in [6, 6.07) is 4.77. The highest BCUT2D eigenvalue weighted by Crippen LogP contribution is 2.28. The summed E-state index contributed by atoms with van der Waals surface area (Å²) in [7, 11) is -2.76. The van der Waals surface area contributed by atoms with Gasteiger partial charge in [0, 0.05) is 17.0 Å². The molecular formula is C11H16BrNO2S2. The van der Waals surface area contributed by atoms with Crippen LogP contribution in [-0.4, -0.2) is 26.0 Å². The molecule has 0 bridgehead atoms. The van der Waals surface area contributed by atoms with Crippen molar-refractivity contribution in [1.29, 1.82) is 0 Å². The lowest BCUT2D eigenvalue weighted by Crippen LogP contribution is -2.38. The third kappa shape index (κ3) is 3.77. The number of thiophene rings is 1. The molecule has 1 saturated heterocycles. The Hall–Kier alpha value is 0.0900. The van der Waals surface area contributed by atoms with Gasteiger partial charge in [-0.15, -0.1) is 11.3 Å². The topological polar surface area (TPSA) is 46.2 Å². The van der Waals surface area contributed by atoms with Gasteiger partial charge in [-0.1, -0.05) is 0 Å². The van der Waals surface area contributed by atoms with Crippen molar-refractivity contribution in [3.05, 3.63) is 20.8 Å². The minimum absolute atomic E-state index is 0.289. The Morgan fingerprint density at radius 2 is 2.06 bits per heavy atom. The highest BCUT2D eigenvalue weighted by Gasteiger charge is 2.24. The Kier molecular flexibility index (Phi) is 4.28. The molecule has 1 aromatic rings. The molecule has 6 heteroatoms. The summed E-state index contributed by atoms with van der Waals surface area (Å²) in [5.74, 6) is 0.650. The van der Waals surface area contributed by atoms with Gasteiger partial charge in [-0.3, -0.25) is 0 Å². The minimum atomic E-state index is -2.76. The molecule has 1 unspecified atom stereocenters. The van der Waals surface area contributed by atoms with Gasteiger partial charge in [0.2, 0.25) is 0 Å². The van der Waals surface area contributed by atoms with E-state index in [1.807, 2.05) is 6.07 Å². The monoisotopic (exact) mass is 337 g/mol. The number of halogens is 1.